The largest absolute Gasteiger partial charge is 0.325 e. The lowest BCUT2D eigenvalue weighted by Crippen LogP contribution is -2.39. The first kappa shape index (κ1) is 21.2. The first-order valence-electron chi connectivity index (χ1n) is 9.55. The number of amides is 1. The second-order valence-corrected chi connectivity index (χ2v) is 11.1. The average molecular weight is 464 g/mol. The number of thioether (sulfide) groups is 1. The Morgan fingerprint density at radius 3 is 2.73 bits per heavy atom. The molecule has 1 fully saturated rings. The standard InChI is InChI=1S/C21H22ClN3O3S2/c1-13-6-7-17(8-14(13)2)25-19-12-30(27,28)11-18(19)24-21(25)29-10-20(26)23-16-5-3-4-15(22)9-16/h3-9,18-19H,10-12H2,1-2H3,(H,23,26)/t18-,19-/m1/s1. The minimum absolute atomic E-state index is 0.0534. The number of hydrogen-bond acceptors (Lipinski definition) is 6. The molecule has 1 saturated heterocycles. The maximum absolute atomic E-state index is 12.4. The molecular weight excluding hydrogens is 442 g/mol. The molecule has 6 nitrogen and oxygen atoms in total. The molecule has 2 aliphatic rings. The van der Waals surface area contributed by atoms with Crippen molar-refractivity contribution in [2.75, 3.05) is 27.5 Å². The number of benzene rings is 2. The predicted molar refractivity (Wildman–Crippen MR) is 125 cm³/mol. The van der Waals surface area contributed by atoms with Crippen molar-refractivity contribution in [1.29, 1.82) is 0 Å². The number of nitrogens with zero attached hydrogens (tertiary/aromatic N) is 2. The van der Waals surface area contributed by atoms with Crippen LogP contribution in [0.3, 0.4) is 0 Å². The molecule has 4 rings (SSSR count). The van der Waals surface area contributed by atoms with E-state index in [4.69, 9.17) is 11.6 Å². The quantitative estimate of drug-likeness (QED) is 0.748. The van der Waals surface area contributed by atoms with E-state index in [2.05, 4.69) is 10.3 Å². The molecule has 2 aromatic rings. The van der Waals surface area contributed by atoms with Crippen LogP contribution in [0.2, 0.25) is 5.02 Å². The molecule has 2 aliphatic heterocycles. The number of carbonyl (C=O) groups excluding carboxylic acids is 1. The zero-order valence-corrected chi connectivity index (χ0v) is 19.0. The van der Waals surface area contributed by atoms with E-state index in [1.54, 1.807) is 24.3 Å². The van der Waals surface area contributed by atoms with Crippen LogP contribution in [0.5, 0.6) is 0 Å². The molecule has 1 N–H and O–H groups in total. The second-order valence-electron chi connectivity index (χ2n) is 7.61. The van der Waals surface area contributed by atoms with Gasteiger partial charge in [0, 0.05) is 16.4 Å². The van der Waals surface area contributed by atoms with E-state index in [1.807, 2.05) is 36.9 Å². The van der Waals surface area contributed by atoms with Gasteiger partial charge in [-0.15, -0.1) is 0 Å². The normalized spacial score (nSPS) is 22.0. The van der Waals surface area contributed by atoms with Gasteiger partial charge in [-0.3, -0.25) is 9.79 Å². The molecule has 2 heterocycles. The highest BCUT2D eigenvalue weighted by molar-refractivity contribution is 8.14. The van der Waals surface area contributed by atoms with Crippen LogP contribution in [-0.4, -0.2) is 48.8 Å². The summed E-state index contributed by atoms with van der Waals surface area (Å²) in [5.74, 6) is 0.124. The first-order valence-corrected chi connectivity index (χ1v) is 12.7. The number of nitrogens with one attached hydrogen (secondary N) is 1. The van der Waals surface area contributed by atoms with Crippen molar-refractivity contribution in [2.24, 2.45) is 4.99 Å². The van der Waals surface area contributed by atoms with Gasteiger partial charge in [-0.05, 0) is 55.3 Å². The molecule has 158 valence electrons. The fourth-order valence-corrected chi connectivity index (χ4v) is 6.66. The van der Waals surface area contributed by atoms with Crippen molar-refractivity contribution in [2.45, 2.75) is 25.9 Å². The molecule has 0 spiro atoms. The van der Waals surface area contributed by atoms with Crippen LogP contribution in [0.1, 0.15) is 11.1 Å². The van der Waals surface area contributed by atoms with Gasteiger partial charge in [-0.25, -0.2) is 8.42 Å². The number of aliphatic imine (C=N–C) groups is 1. The summed E-state index contributed by atoms with van der Waals surface area (Å²) in [5.41, 5.74) is 3.83. The van der Waals surface area contributed by atoms with Gasteiger partial charge in [-0.2, -0.15) is 0 Å². The lowest BCUT2D eigenvalue weighted by molar-refractivity contribution is -0.113. The number of sulfone groups is 1. The minimum atomic E-state index is -3.11. The third kappa shape index (κ3) is 4.50. The lowest BCUT2D eigenvalue weighted by atomic mass is 10.1. The molecule has 0 radical (unpaired) electrons. The Bertz CT molecular complexity index is 1130. The Balaban J connectivity index is 1.52. The third-order valence-corrected chi connectivity index (χ3v) is 8.22. The van der Waals surface area contributed by atoms with E-state index in [1.165, 1.54) is 17.3 Å². The fourth-order valence-electron chi connectivity index (χ4n) is 3.70. The van der Waals surface area contributed by atoms with E-state index >= 15 is 0 Å². The summed E-state index contributed by atoms with van der Waals surface area (Å²) in [5, 5.41) is 4.06. The molecule has 9 heteroatoms. The summed E-state index contributed by atoms with van der Waals surface area (Å²) in [6.07, 6.45) is 0. The molecule has 1 amide bonds. The van der Waals surface area contributed by atoms with Gasteiger partial charge in [0.2, 0.25) is 5.91 Å². The molecule has 0 saturated carbocycles. The molecule has 30 heavy (non-hydrogen) atoms. The van der Waals surface area contributed by atoms with Crippen molar-refractivity contribution in [3.8, 4) is 0 Å². The lowest BCUT2D eigenvalue weighted by Gasteiger charge is -2.27. The van der Waals surface area contributed by atoms with Gasteiger partial charge in [0.15, 0.2) is 15.0 Å². The van der Waals surface area contributed by atoms with E-state index < -0.39 is 9.84 Å². The van der Waals surface area contributed by atoms with Crippen LogP contribution in [0, 0.1) is 13.8 Å². The number of hydrogen-bond donors (Lipinski definition) is 1. The molecule has 0 aromatic heterocycles. The SMILES string of the molecule is Cc1ccc(N2C(SCC(=O)Nc3cccc(Cl)c3)=N[C@@H]3CS(=O)(=O)C[C@H]32)cc1C. The fraction of sp³-hybridized carbons (Fsp3) is 0.333. The Hall–Kier alpha value is -2.03. The van der Waals surface area contributed by atoms with Crippen LogP contribution in [0.25, 0.3) is 0 Å². The van der Waals surface area contributed by atoms with Gasteiger partial charge in [-0.1, -0.05) is 35.5 Å². The maximum atomic E-state index is 12.4. The summed E-state index contributed by atoms with van der Waals surface area (Å²) >= 11 is 7.29. The smallest absolute Gasteiger partial charge is 0.234 e. The Morgan fingerprint density at radius 2 is 2.00 bits per heavy atom. The number of amidine groups is 1. The van der Waals surface area contributed by atoms with Gasteiger partial charge in [0.25, 0.3) is 0 Å². The van der Waals surface area contributed by atoms with Gasteiger partial charge in [0.05, 0.1) is 29.3 Å². The summed E-state index contributed by atoms with van der Waals surface area (Å²) < 4.78 is 24.3. The van der Waals surface area contributed by atoms with Crippen LogP contribution in [-0.2, 0) is 14.6 Å². The van der Waals surface area contributed by atoms with Crippen molar-refractivity contribution < 1.29 is 13.2 Å². The number of fused-ring (bicyclic) bond motifs is 1. The highest BCUT2D eigenvalue weighted by Gasteiger charge is 2.47. The molecule has 0 unspecified atom stereocenters. The third-order valence-electron chi connectivity index (χ3n) is 5.32. The van der Waals surface area contributed by atoms with E-state index in [-0.39, 0.29) is 35.2 Å². The van der Waals surface area contributed by atoms with Crippen LogP contribution in [0.4, 0.5) is 11.4 Å². The van der Waals surface area contributed by atoms with Crippen molar-refractivity contribution in [3.63, 3.8) is 0 Å². The molecular formula is C21H22ClN3O3S2. The van der Waals surface area contributed by atoms with Crippen molar-refractivity contribution >= 4 is 55.6 Å². The average Bonchev–Trinajstić information content (AvgIpc) is 3.13. The number of halogens is 1. The Kier molecular flexibility index (Phi) is 5.83. The summed E-state index contributed by atoms with van der Waals surface area (Å²) in [7, 11) is -3.11. The maximum Gasteiger partial charge on any atom is 0.234 e. The molecule has 2 aromatic carbocycles. The first-order chi connectivity index (χ1) is 14.2. The predicted octanol–water partition coefficient (Wildman–Crippen LogP) is 3.67. The number of aryl methyl sites for hydroxylation is 2. The monoisotopic (exact) mass is 463 g/mol. The summed E-state index contributed by atoms with van der Waals surface area (Å²) in [4.78, 5) is 19.1. The molecule has 2 atom stereocenters. The van der Waals surface area contributed by atoms with Gasteiger partial charge >= 0.3 is 0 Å². The van der Waals surface area contributed by atoms with Crippen LogP contribution in [0.15, 0.2) is 47.5 Å². The zero-order chi connectivity index (χ0) is 21.5. The van der Waals surface area contributed by atoms with Gasteiger partial charge in [0.1, 0.15) is 0 Å². The minimum Gasteiger partial charge on any atom is -0.325 e. The Morgan fingerprint density at radius 1 is 1.20 bits per heavy atom. The summed E-state index contributed by atoms with van der Waals surface area (Å²) in [6, 6.07) is 12.5. The van der Waals surface area contributed by atoms with E-state index in [0.717, 1.165) is 11.3 Å². The van der Waals surface area contributed by atoms with Crippen molar-refractivity contribution in [1.82, 2.24) is 0 Å². The highest BCUT2D eigenvalue weighted by atomic mass is 35.5. The topological polar surface area (TPSA) is 78.8 Å². The van der Waals surface area contributed by atoms with Crippen molar-refractivity contribution in [3.05, 3.63) is 58.6 Å². The highest BCUT2D eigenvalue weighted by Crippen LogP contribution is 2.35. The molecule has 0 bridgehead atoms. The summed E-state index contributed by atoms with van der Waals surface area (Å²) in [6.45, 7) is 4.07. The number of rotatable bonds is 4. The molecule has 0 aliphatic carbocycles. The van der Waals surface area contributed by atoms with E-state index in [0.29, 0.717) is 15.9 Å². The van der Waals surface area contributed by atoms with Crippen LogP contribution < -0.4 is 10.2 Å². The van der Waals surface area contributed by atoms with E-state index in [9.17, 15) is 13.2 Å². The number of anilines is 2. The number of carbonyl (C=O) groups is 1. The second kappa shape index (κ2) is 8.24. The van der Waals surface area contributed by atoms with Gasteiger partial charge < -0.3 is 10.2 Å². The Labute approximate surface area is 185 Å². The van der Waals surface area contributed by atoms with Crippen LogP contribution >= 0.6 is 23.4 Å². The zero-order valence-electron chi connectivity index (χ0n) is 16.6.